The van der Waals surface area contributed by atoms with Crippen LogP contribution in [-0.4, -0.2) is 50.9 Å². The molecule has 0 saturated heterocycles. The fourth-order valence-corrected chi connectivity index (χ4v) is 5.76. The van der Waals surface area contributed by atoms with E-state index in [1.54, 1.807) is 36.4 Å². The molecule has 2 amide bonds. The van der Waals surface area contributed by atoms with Gasteiger partial charge in [0.05, 0.1) is 17.2 Å². The Morgan fingerprint density at radius 3 is 1.95 bits per heavy atom. The second-order valence-corrected chi connectivity index (χ2v) is 11.4. The van der Waals surface area contributed by atoms with Gasteiger partial charge in [0.1, 0.15) is 18.3 Å². The van der Waals surface area contributed by atoms with Crippen LogP contribution in [0.5, 0.6) is 5.75 Å². The van der Waals surface area contributed by atoms with Gasteiger partial charge in [-0.1, -0.05) is 54.4 Å². The zero-order chi connectivity index (χ0) is 29.3. The molecule has 0 aliphatic heterocycles. The van der Waals surface area contributed by atoms with Crippen molar-refractivity contribution in [2.45, 2.75) is 58.5 Å². The van der Waals surface area contributed by atoms with Gasteiger partial charge in [0, 0.05) is 13.1 Å². The smallest absolute Gasteiger partial charge is 0.264 e. The topological polar surface area (TPSA) is 96.0 Å². The minimum Gasteiger partial charge on any atom is -0.494 e. The van der Waals surface area contributed by atoms with Gasteiger partial charge in [-0.3, -0.25) is 13.9 Å². The fourth-order valence-electron chi connectivity index (χ4n) is 4.34. The summed E-state index contributed by atoms with van der Waals surface area (Å²) in [4.78, 5) is 28.5. The van der Waals surface area contributed by atoms with Crippen molar-refractivity contribution in [1.29, 1.82) is 0 Å². The highest BCUT2D eigenvalue weighted by molar-refractivity contribution is 7.92. The highest BCUT2D eigenvalue weighted by atomic mass is 32.2. The Kier molecular flexibility index (Phi) is 10.7. The van der Waals surface area contributed by atoms with Crippen molar-refractivity contribution >= 4 is 27.5 Å². The lowest BCUT2D eigenvalue weighted by Crippen LogP contribution is -2.52. The summed E-state index contributed by atoms with van der Waals surface area (Å²) in [5, 5.41) is 2.81. The molecule has 1 atom stereocenters. The maximum Gasteiger partial charge on any atom is 0.264 e. The lowest BCUT2D eigenvalue weighted by Gasteiger charge is -2.33. The van der Waals surface area contributed by atoms with Crippen molar-refractivity contribution in [3.8, 4) is 5.75 Å². The Hall–Kier alpha value is -3.85. The molecule has 0 radical (unpaired) electrons. The van der Waals surface area contributed by atoms with Crippen LogP contribution in [0.2, 0.25) is 0 Å². The number of nitrogens with one attached hydrogen (secondary N) is 1. The molecular formula is C31H39N3O5S. The number of amides is 2. The summed E-state index contributed by atoms with van der Waals surface area (Å²) < 4.78 is 34.5. The molecule has 0 aliphatic carbocycles. The summed E-state index contributed by atoms with van der Waals surface area (Å²) in [6.45, 7) is 9.95. The molecule has 0 saturated carbocycles. The second kappa shape index (κ2) is 14.0. The Bertz CT molecular complexity index is 1370. The third kappa shape index (κ3) is 7.63. The van der Waals surface area contributed by atoms with E-state index in [1.165, 1.54) is 17.0 Å². The number of benzene rings is 3. The van der Waals surface area contributed by atoms with E-state index in [4.69, 9.17) is 4.74 Å². The van der Waals surface area contributed by atoms with Crippen LogP contribution in [0.4, 0.5) is 5.69 Å². The number of rotatable bonds is 13. The molecule has 0 heterocycles. The van der Waals surface area contributed by atoms with Gasteiger partial charge in [-0.25, -0.2) is 8.42 Å². The van der Waals surface area contributed by atoms with Gasteiger partial charge in [-0.15, -0.1) is 0 Å². The van der Waals surface area contributed by atoms with E-state index in [1.807, 2.05) is 58.9 Å². The normalized spacial score (nSPS) is 11.9. The molecule has 1 N–H and O–H groups in total. The molecule has 8 nitrogen and oxygen atoms in total. The van der Waals surface area contributed by atoms with Crippen LogP contribution < -0.4 is 14.4 Å². The van der Waals surface area contributed by atoms with E-state index in [0.717, 1.165) is 21.0 Å². The fraction of sp³-hybridized carbons (Fsp3) is 0.355. The summed E-state index contributed by atoms with van der Waals surface area (Å²) >= 11 is 0. The van der Waals surface area contributed by atoms with Gasteiger partial charge < -0.3 is 15.0 Å². The first kappa shape index (κ1) is 30.7. The number of hydrogen-bond acceptors (Lipinski definition) is 5. The largest absolute Gasteiger partial charge is 0.494 e. The van der Waals surface area contributed by atoms with Crippen LogP contribution in [0.15, 0.2) is 77.7 Å². The van der Waals surface area contributed by atoms with Crippen molar-refractivity contribution in [3.63, 3.8) is 0 Å². The summed E-state index contributed by atoms with van der Waals surface area (Å²) in [5.41, 5.74) is 3.23. The highest BCUT2D eigenvalue weighted by Crippen LogP contribution is 2.26. The van der Waals surface area contributed by atoms with Gasteiger partial charge in [-0.05, 0) is 76.1 Å². The lowest BCUT2D eigenvalue weighted by molar-refractivity contribution is -0.140. The van der Waals surface area contributed by atoms with E-state index < -0.39 is 28.5 Å². The second-order valence-electron chi connectivity index (χ2n) is 9.58. The molecule has 214 valence electrons. The molecule has 9 heteroatoms. The van der Waals surface area contributed by atoms with Crippen LogP contribution >= 0.6 is 0 Å². The number of carbonyl (C=O) groups is 2. The predicted octanol–water partition coefficient (Wildman–Crippen LogP) is 4.84. The first-order chi connectivity index (χ1) is 19.1. The number of carbonyl (C=O) groups excluding carboxylic acids is 2. The van der Waals surface area contributed by atoms with Crippen LogP contribution in [0.3, 0.4) is 0 Å². The monoisotopic (exact) mass is 565 g/mol. The summed E-state index contributed by atoms with van der Waals surface area (Å²) in [7, 11) is -4.14. The van der Waals surface area contributed by atoms with Crippen LogP contribution in [-0.2, 0) is 26.2 Å². The third-order valence-corrected chi connectivity index (χ3v) is 8.32. The number of aryl methyl sites for hydroxylation is 2. The maximum absolute atomic E-state index is 14.0. The number of sulfonamides is 1. The molecule has 0 aromatic heterocycles. The number of likely N-dealkylation sites (N-methyl/N-ethyl adjacent to an activating group) is 1. The van der Waals surface area contributed by atoms with Gasteiger partial charge in [0.25, 0.3) is 10.0 Å². The van der Waals surface area contributed by atoms with Gasteiger partial charge in [-0.2, -0.15) is 0 Å². The zero-order valence-corrected chi connectivity index (χ0v) is 24.7. The number of nitrogens with zero attached hydrogens (tertiary/aromatic N) is 2. The average molecular weight is 566 g/mol. The number of ether oxygens (including phenoxy) is 1. The molecule has 3 aromatic carbocycles. The first-order valence-corrected chi connectivity index (χ1v) is 15.0. The first-order valence-electron chi connectivity index (χ1n) is 13.6. The Balaban J connectivity index is 2.04. The Morgan fingerprint density at radius 1 is 0.850 bits per heavy atom. The number of anilines is 1. The van der Waals surface area contributed by atoms with E-state index in [-0.39, 0.29) is 17.3 Å². The molecule has 40 heavy (non-hydrogen) atoms. The standard InChI is InChI=1S/C31H39N3O5S/c1-6-29(31(36)32-7-2)33(21-25-13-9-23(4)10-14-25)30(35)22-34(26-15-11-24(5)12-16-26)40(37,38)28-19-17-27(18-20-28)39-8-3/h9-20,29H,6-8,21-22H2,1-5H3,(H,32,36)/t29-/m1/s1. The summed E-state index contributed by atoms with van der Waals surface area (Å²) in [6, 6.07) is 20.0. The maximum atomic E-state index is 14.0. The molecule has 0 fully saturated rings. The Labute approximate surface area is 238 Å². The molecule has 0 spiro atoms. The van der Waals surface area contributed by atoms with Gasteiger partial charge >= 0.3 is 0 Å². The van der Waals surface area contributed by atoms with Gasteiger partial charge in [0.15, 0.2) is 0 Å². The quantitative estimate of drug-likeness (QED) is 0.320. The van der Waals surface area contributed by atoms with Crippen LogP contribution in [0, 0.1) is 13.8 Å². The minimum atomic E-state index is -4.14. The van der Waals surface area contributed by atoms with E-state index >= 15 is 0 Å². The predicted molar refractivity (Wildman–Crippen MR) is 158 cm³/mol. The van der Waals surface area contributed by atoms with Crippen molar-refractivity contribution in [2.75, 3.05) is 24.0 Å². The number of hydrogen-bond donors (Lipinski definition) is 1. The van der Waals surface area contributed by atoms with Crippen molar-refractivity contribution < 1.29 is 22.7 Å². The zero-order valence-electron chi connectivity index (χ0n) is 23.9. The molecule has 3 rings (SSSR count). The van der Waals surface area contributed by atoms with Crippen LogP contribution in [0.1, 0.15) is 43.9 Å². The van der Waals surface area contributed by atoms with E-state index in [9.17, 15) is 18.0 Å². The summed E-state index contributed by atoms with van der Waals surface area (Å²) in [6.07, 6.45) is 0.375. The Morgan fingerprint density at radius 2 is 1.43 bits per heavy atom. The third-order valence-electron chi connectivity index (χ3n) is 6.53. The average Bonchev–Trinajstić information content (AvgIpc) is 2.93. The van der Waals surface area contributed by atoms with Crippen LogP contribution in [0.25, 0.3) is 0 Å². The SMILES string of the molecule is CCNC(=O)[C@@H](CC)N(Cc1ccc(C)cc1)C(=O)CN(c1ccc(C)cc1)S(=O)(=O)c1ccc(OCC)cc1. The van der Waals surface area contributed by atoms with Gasteiger partial charge in [0.2, 0.25) is 11.8 Å². The molecular weight excluding hydrogens is 526 g/mol. The lowest BCUT2D eigenvalue weighted by atomic mass is 10.1. The highest BCUT2D eigenvalue weighted by Gasteiger charge is 2.33. The molecule has 3 aromatic rings. The molecule has 0 aliphatic rings. The van der Waals surface area contributed by atoms with Crippen molar-refractivity contribution in [3.05, 3.63) is 89.5 Å². The summed E-state index contributed by atoms with van der Waals surface area (Å²) in [5.74, 6) is -0.202. The van der Waals surface area contributed by atoms with E-state index in [2.05, 4.69) is 5.32 Å². The minimum absolute atomic E-state index is 0.0326. The van der Waals surface area contributed by atoms with E-state index in [0.29, 0.717) is 31.0 Å². The van der Waals surface area contributed by atoms with Crippen molar-refractivity contribution in [2.24, 2.45) is 0 Å². The van der Waals surface area contributed by atoms with Crippen molar-refractivity contribution in [1.82, 2.24) is 10.2 Å². The molecule has 0 bridgehead atoms. The molecule has 0 unspecified atom stereocenters.